The van der Waals surface area contributed by atoms with Gasteiger partial charge in [0, 0.05) is 0 Å². The molecule has 0 bridgehead atoms. The first-order chi connectivity index (χ1) is 10.2. The maximum absolute atomic E-state index is 6.03. The lowest BCUT2D eigenvalue weighted by Crippen LogP contribution is -2.36. The fourth-order valence-electron chi connectivity index (χ4n) is 2.90. The molecule has 4 nitrogen and oxygen atoms in total. The molecule has 1 aliphatic rings. The summed E-state index contributed by atoms with van der Waals surface area (Å²) >= 11 is 0. The summed E-state index contributed by atoms with van der Waals surface area (Å²) in [6.07, 6.45) is 2.51. The van der Waals surface area contributed by atoms with Gasteiger partial charge < -0.3 is 19.5 Å². The highest BCUT2D eigenvalue weighted by Crippen LogP contribution is 2.33. The molecule has 1 N–H and O–H groups in total. The van der Waals surface area contributed by atoms with E-state index in [4.69, 9.17) is 14.2 Å². The molecule has 0 saturated carbocycles. The molecule has 0 saturated heterocycles. The number of nitrogens with one attached hydrogen (secondary N) is 1. The van der Waals surface area contributed by atoms with E-state index in [0.717, 1.165) is 18.6 Å². The van der Waals surface area contributed by atoms with Gasteiger partial charge in [0.15, 0.2) is 0 Å². The summed E-state index contributed by atoms with van der Waals surface area (Å²) in [5.74, 6) is 0.924. The van der Waals surface area contributed by atoms with Crippen LogP contribution in [0.2, 0.25) is 0 Å². The van der Waals surface area contributed by atoms with Crippen molar-refractivity contribution in [2.24, 2.45) is 0 Å². The van der Waals surface area contributed by atoms with Crippen molar-refractivity contribution in [1.82, 2.24) is 5.32 Å². The van der Waals surface area contributed by atoms with Gasteiger partial charge >= 0.3 is 0 Å². The Morgan fingerprint density at radius 3 is 2.76 bits per heavy atom. The second-order valence-corrected chi connectivity index (χ2v) is 5.70. The van der Waals surface area contributed by atoms with Crippen LogP contribution in [-0.4, -0.2) is 39.6 Å². The summed E-state index contributed by atoms with van der Waals surface area (Å²) in [6.45, 7) is 5.38. The SMILES string of the molecule is CNC1c2ccc(OC)cc2CCC1OCCOC(C)C. The Bertz CT molecular complexity index is 448. The maximum Gasteiger partial charge on any atom is 0.119 e. The highest BCUT2D eigenvalue weighted by atomic mass is 16.5. The third kappa shape index (κ3) is 4.19. The Kier molecular flexibility index (Phi) is 6.03. The van der Waals surface area contributed by atoms with E-state index in [2.05, 4.69) is 17.4 Å². The van der Waals surface area contributed by atoms with Crippen molar-refractivity contribution in [3.63, 3.8) is 0 Å². The molecule has 2 rings (SSSR count). The van der Waals surface area contributed by atoms with Crippen LogP contribution in [0.4, 0.5) is 0 Å². The minimum atomic E-state index is 0.201. The van der Waals surface area contributed by atoms with E-state index in [0.29, 0.717) is 13.2 Å². The summed E-state index contributed by atoms with van der Waals surface area (Å²) in [5, 5.41) is 3.39. The minimum absolute atomic E-state index is 0.201. The van der Waals surface area contributed by atoms with Crippen LogP contribution in [0.25, 0.3) is 0 Å². The summed E-state index contributed by atoms with van der Waals surface area (Å²) in [6, 6.07) is 6.54. The molecule has 2 atom stereocenters. The Balaban J connectivity index is 1.99. The molecule has 1 aromatic carbocycles. The van der Waals surface area contributed by atoms with Crippen LogP contribution >= 0.6 is 0 Å². The van der Waals surface area contributed by atoms with Gasteiger partial charge in [-0.25, -0.2) is 0 Å². The third-order valence-electron chi connectivity index (χ3n) is 3.93. The van der Waals surface area contributed by atoms with Crippen LogP contribution in [0.1, 0.15) is 37.4 Å². The van der Waals surface area contributed by atoms with Gasteiger partial charge in [0.2, 0.25) is 0 Å². The third-order valence-corrected chi connectivity index (χ3v) is 3.93. The number of benzene rings is 1. The topological polar surface area (TPSA) is 39.7 Å². The van der Waals surface area contributed by atoms with Crippen molar-refractivity contribution < 1.29 is 14.2 Å². The van der Waals surface area contributed by atoms with Gasteiger partial charge in [0.1, 0.15) is 5.75 Å². The minimum Gasteiger partial charge on any atom is -0.497 e. The summed E-state index contributed by atoms with van der Waals surface area (Å²) in [4.78, 5) is 0. The first kappa shape index (κ1) is 16.3. The summed E-state index contributed by atoms with van der Waals surface area (Å²) in [5.41, 5.74) is 2.67. The molecule has 0 spiro atoms. The number of hydrogen-bond donors (Lipinski definition) is 1. The van der Waals surface area contributed by atoms with Gasteiger partial charge in [-0.3, -0.25) is 0 Å². The van der Waals surface area contributed by atoms with E-state index in [1.165, 1.54) is 11.1 Å². The fourth-order valence-corrected chi connectivity index (χ4v) is 2.90. The van der Waals surface area contributed by atoms with Crippen LogP contribution in [-0.2, 0) is 15.9 Å². The summed E-state index contributed by atoms with van der Waals surface area (Å²) in [7, 11) is 3.70. The van der Waals surface area contributed by atoms with E-state index in [9.17, 15) is 0 Å². The number of aryl methyl sites for hydroxylation is 1. The lowest BCUT2D eigenvalue weighted by molar-refractivity contribution is -0.0302. The molecule has 0 radical (unpaired) electrons. The summed E-state index contributed by atoms with van der Waals surface area (Å²) < 4.78 is 16.9. The first-order valence-corrected chi connectivity index (χ1v) is 7.73. The fraction of sp³-hybridized carbons (Fsp3) is 0.647. The Morgan fingerprint density at radius 2 is 2.10 bits per heavy atom. The lowest BCUT2D eigenvalue weighted by Gasteiger charge is -2.33. The van der Waals surface area contributed by atoms with E-state index in [-0.39, 0.29) is 18.2 Å². The van der Waals surface area contributed by atoms with E-state index >= 15 is 0 Å². The van der Waals surface area contributed by atoms with Crippen LogP contribution in [0.15, 0.2) is 18.2 Å². The van der Waals surface area contributed by atoms with Gasteiger partial charge in [0.25, 0.3) is 0 Å². The van der Waals surface area contributed by atoms with Crippen LogP contribution < -0.4 is 10.1 Å². The van der Waals surface area contributed by atoms with E-state index in [1.54, 1.807) is 7.11 Å². The molecular formula is C17H27NO3. The second-order valence-electron chi connectivity index (χ2n) is 5.70. The number of ether oxygens (including phenoxy) is 3. The Morgan fingerprint density at radius 1 is 1.29 bits per heavy atom. The normalized spacial score (nSPS) is 21.4. The standard InChI is InChI=1S/C17H27NO3/c1-12(2)20-9-10-21-16-8-5-13-11-14(19-4)6-7-15(13)17(16)18-3/h6-7,11-12,16-18H,5,8-10H2,1-4H3. The Hall–Kier alpha value is -1.10. The van der Waals surface area contributed by atoms with Crippen LogP contribution in [0.3, 0.4) is 0 Å². The van der Waals surface area contributed by atoms with Gasteiger partial charge in [-0.05, 0) is 57.0 Å². The largest absolute Gasteiger partial charge is 0.497 e. The zero-order valence-corrected chi connectivity index (χ0v) is 13.5. The molecule has 21 heavy (non-hydrogen) atoms. The lowest BCUT2D eigenvalue weighted by atomic mass is 9.85. The number of likely N-dealkylation sites (N-methyl/N-ethyl adjacent to an activating group) is 1. The highest BCUT2D eigenvalue weighted by molar-refractivity contribution is 5.39. The monoisotopic (exact) mass is 293 g/mol. The molecule has 4 heteroatoms. The van der Waals surface area contributed by atoms with Crippen LogP contribution in [0, 0.1) is 0 Å². The zero-order chi connectivity index (χ0) is 15.2. The van der Waals surface area contributed by atoms with Gasteiger partial charge in [0.05, 0.1) is 38.6 Å². The number of methoxy groups -OCH3 is 1. The molecule has 0 aliphatic heterocycles. The zero-order valence-electron chi connectivity index (χ0n) is 13.5. The van der Waals surface area contributed by atoms with Crippen molar-refractivity contribution in [3.8, 4) is 5.75 Å². The highest BCUT2D eigenvalue weighted by Gasteiger charge is 2.29. The van der Waals surface area contributed by atoms with Crippen molar-refractivity contribution in [2.75, 3.05) is 27.4 Å². The van der Waals surface area contributed by atoms with E-state index < -0.39 is 0 Å². The quantitative estimate of drug-likeness (QED) is 0.785. The predicted octanol–water partition coefficient (Wildman–Crippen LogP) is 2.71. The van der Waals surface area contributed by atoms with Crippen molar-refractivity contribution in [1.29, 1.82) is 0 Å². The second kappa shape index (κ2) is 7.78. The number of rotatable bonds is 7. The Labute approximate surface area is 127 Å². The molecule has 118 valence electrons. The molecule has 1 aromatic rings. The van der Waals surface area contributed by atoms with Gasteiger partial charge in [-0.15, -0.1) is 0 Å². The molecular weight excluding hydrogens is 266 g/mol. The smallest absolute Gasteiger partial charge is 0.119 e. The number of hydrogen-bond acceptors (Lipinski definition) is 4. The average Bonchev–Trinajstić information content (AvgIpc) is 2.50. The molecule has 2 unspecified atom stereocenters. The molecule has 0 fully saturated rings. The first-order valence-electron chi connectivity index (χ1n) is 7.73. The van der Waals surface area contributed by atoms with Crippen molar-refractivity contribution >= 4 is 0 Å². The van der Waals surface area contributed by atoms with E-state index in [1.807, 2.05) is 27.0 Å². The average molecular weight is 293 g/mol. The molecule has 0 amide bonds. The number of fused-ring (bicyclic) bond motifs is 1. The van der Waals surface area contributed by atoms with Gasteiger partial charge in [-0.1, -0.05) is 6.07 Å². The van der Waals surface area contributed by atoms with Crippen LogP contribution in [0.5, 0.6) is 5.75 Å². The molecule has 0 heterocycles. The van der Waals surface area contributed by atoms with Crippen molar-refractivity contribution in [3.05, 3.63) is 29.3 Å². The molecule has 0 aromatic heterocycles. The molecule has 1 aliphatic carbocycles. The maximum atomic E-state index is 6.03. The van der Waals surface area contributed by atoms with Gasteiger partial charge in [-0.2, -0.15) is 0 Å². The predicted molar refractivity (Wildman–Crippen MR) is 83.9 cm³/mol. The van der Waals surface area contributed by atoms with Crippen molar-refractivity contribution in [2.45, 2.75) is 44.9 Å².